The minimum Gasteiger partial charge on any atom is -0.496 e. The fourth-order valence-corrected chi connectivity index (χ4v) is 2.55. The van der Waals surface area contributed by atoms with E-state index in [1.54, 1.807) is 7.11 Å². The Morgan fingerprint density at radius 1 is 1.30 bits per heavy atom. The summed E-state index contributed by atoms with van der Waals surface area (Å²) >= 11 is 0. The van der Waals surface area contributed by atoms with E-state index in [1.807, 2.05) is 23.1 Å². The van der Waals surface area contributed by atoms with E-state index in [0.29, 0.717) is 5.75 Å². The number of nitrogens with zero attached hydrogens (tertiary/aromatic N) is 1. The first-order valence-corrected chi connectivity index (χ1v) is 7.22. The predicted octanol–water partition coefficient (Wildman–Crippen LogP) is 3.44. The Kier molecular flexibility index (Phi) is 4.83. The van der Waals surface area contributed by atoms with Crippen molar-refractivity contribution in [1.29, 1.82) is 0 Å². The summed E-state index contributed by atoms with van der Waals surface area (Å²) in [5.74, 6) is 0.790. The zero-order chi connectivity index (χ0) is 14.5. The van der Waals surface area contributed by atoms with Gasteiger partial charge in [0, 0.05) is 13.1 Å². The topological polar surface area (TPSA) is 29.5 Å². The lowest BCUT2D eigenvalue weighted by Crippen LogP contribution is -2.29. The molecule has 108 valence electrons. The van der Waals surface area contributed by atoms with E-state index in [0.717, 1.165) is 43.5 Å². The quantitative estimate of drug-likeness (QED) is 0.786. The number of benzene rings is 1. The van der Waals surface area contributed by atoms with Crippen LogP contribution in [0.3, 0.4) is 0 Å². The van der Waals surface area contributed by atoms with E-state index < -0.39 is 0 Å². The van der Waals surface area contributed by atoms with Crippen LogP contribution in [0.5, 0.6) is 5.75 Å². The Morgan fingerprint density at radius 2 is 2.00 bits per heavy atom. The molecule has 20 heavy (non-hydrogen) atoms. The van der Waals surface area contributed by atoms with Gasteiger partial charge in [0.2, 0.25) is 0 Å². The highest BCUT2D eigenvalue weighted by atomic mass is 16.5. The summed E-state index contributed by atoms with van der Waals surface area (Å²) in [7, 11) is 1.63. The van der Waals surface area contributed by atoms with Crippen LogP contribution in [0.25, 0.3) is 0 Å². The standard InChI is InChI=1S/C17H23NO2/c1-13(2)9-10-14-7-6-8-15(20-3)16(14)17(19)18-11-4-5-12-18/h6-9H,4-5,10-12H2,1-3H3. The molecule has 2 rings (SSSR count). The number of ether oxygens (including phenoxy) is 1. The lowest BCUT2D eigenvalue weighted by atomic mass is 10.0. The number of rotatable bonds is 4. The van der Waals surface area contributed by atoms with Gasteiger partial charge in [-0.05, 0) is 44.7 Å². The molecule has 0 radical (unpaired) electrons. The summed E-state index contributed by atoms with van der Waals surface area (Å²) in [6.45, 7) is 5.86. The van der Waals surface area contributed by atoms with Crippen molar-refractivity contribution in [3.8, 4) is 5.75 Å². The van der Waals surface area contributed by atoms with Gasteiger partial charge in [-0.15, -0.1) is 0 Å². The summed E-state index contributed by atoms with van der Waals surface area (Å²) in [6, 6.07) is 5.84. The van der Waals surface area contributed by atoms with Gasteiger partial charge in [0.15, 0.2) is 0 Å². The smallest absolute Gasteiger partial charge is 0.257 e. The van der Waals surface area contributed by atoms with Gasteiger partial charge in [-0.25, -0.2) is 0 Å². The maximum absolute atomic E-state index is 12.7. The van der Waals surface area contributed by atoms with Crippen LogP contribution in [0.15, 0.2) is 29.8 Å². The molecule has 0 saturated carbocycles. The number of carbonyl (C=O) groups excluding carboxylic acids is 1. The highest BCUT2D eigenvalue weighted by molar-refractivity contribution is 5.98. The van der Waals surface area contributed by atoms with Crippen molar-refractivity contribution in [2.75, 3.05) is 20.2 Å². The molecule has 1 amide bonds. The number of methoxy groups -OCH3 is 1. The monoisotopic (exact) mass is 273 g/mol. The van der Waals surface area contributed by atoms with Crippen molar-refractivity contribution in [3.63, 3.8) is 0 Å². The molecule has 1 aromatic carbocycles. The number of carbonyl (C=O) groups is 1. The van der Waals surface area contributed by atoms with E-state index in [4.69, 9.17) is 4.74 Å². The number of hydrogen-bond acceptors (Lipinski definition) is 2. The van der Waals surface area contributed by atoms with Crippen LogP contribution in [-0.4, -0.2) is 31.0 Å². The average Bonchev–Trinajstić information content (AvgIpc) is 2.97. The molecule has 0 N–H and O–H groups in total. The third-order valence-electron chi connectivity index (χ3n) is 3.67. The van der Waals surface area contributed by atoms with Crippen LogP contribution in [-0.2, 0) is 6.42 Å². The molecule has 3 heteroatoms. The van der Waals surface area contributed by atoms with Crippen LogP contribution in [0, 0.1) is 0 Å². The van der Waals surface area contributed by atoms with Crippen molar-refractivity contribution in [3.05, 3.63) is 41.0 Å². The second-order valence-corrected chi connectivity index (χ2v) is 5.48. The van der Waals surface area contributed by atoms with E-state index in [1.165, 1.54) is 5.57 Å². The molecular weight excluding hydrogens is 250 g/mol. The van der Waals surface area contributed by atoms with Crippen LogP contribution < -0.4 is 4.74 Å². The Morgan fingerprint density at radius 3 is 2.60 bits per heavy atom. The normalized spacial score (nSPS) is 14.2. The largest absolute Gasteiger partial charge is 0.496 e. The summed E-state index contributed by atoms with van der Waals surface area (Å²) in [5.41, 5.74) is 3.03. The van der Waals surface area contributed by atoms with Crippen LogP contribution >= 0.6 is 0 Å². The van der Waals surface area contributed by atoms with Crippen LogP contribution in [0.2, 0.25) is 0 Å². The van der Waals surface area contributed by atoms with Crippen molar-refractivity contribution in [2.24, 2.45) is 0 Å². The Labute approximate surface area is 121 Å². The van der Waals surface area contributed by atoms with Gasteiger partial charge in [0.25, 0.3) is 5.91 Å². The number of hydrogen-bond donors (Lipinski definition) is 0. The molecule has 0 spiro atoms. The fourth-order valence-electron chi connectivity index (χ4n) is 2.55. The van der Waals surface area contributed by atoms with Crippen LogP contribution in [0.4, 0.5) is 0 Å². The molecule has 0 atom stereocenters. The third kappa shape index (κ3) is 3.21. The Hall–Kier alpha value is -1.77. The fraction of sp³-hybridized carbons (Fsp3) is 0.471. The molecule has 3 nitrogen and oxygen atoms in total. The molecule has 1 heterocycles. The van der Waals surface area contributed by atoms with E-state index in [-0.39, 0.29) is 5.91 Å². The molecule has 1 fully saturated rings. The zero-order valence-electron chi connectivity index (χ0n) is 12.6. The van der Waals surface area contributed by atoms with Gasteiger partial charge in [-0.1, -0.05) is 23.8 Å². The zero-order valence-corrected chi connectivity index (χ0v) is 12.6. The molecule has 0 aromatic heterocycles. The molecular formula is C17H23NO2. The first-order chi connectivity index (χ1) is 9.63. The lowest BCUT2D eigenvalue weighted by Gasteiger charge is -2.19. The van der Waals surface area contributed by atoms with Gasteiger partial charge in [-0.2, -0.15) is 0 Å². The molecule has 1 aromatic rings. The summed E-state index contributed by atoms with van der Waals surface area (Å²) in [6.07, 6.45) is 5.12. The second kappa shape index (κ2) is 6.60. The number of likely N-dealkylation sites (tertiary alicyclic amines) is 1. The Balaban J connectivity index is 2.36. The third-order valence-corrected chi connectivity index (χ3v) is 3.67. The van der Waals surface area contributed by atoms with Gasteiger partial charge >= 0.3 is 0 Å². The van der Waals surface area contributed by atoms with Crippen molar-refractivity contribution < 1.29 is 9.53 Å². The van der Waals surface area contributed by atoms with Crippen molar-refractivity contribution in [1.82, 2.24) is 4.90 Å². The Bertz CT molecular complexity index is 510. The number of amides is 1. The first kappa shape index (κ1) is 14.6. The van der Waals surface area contributed by atoms with Gasteiger partial charge in [0.1, 0.15) is 5.75 Å². The summed E-state index contributed by atoms with van der Waals surface area (Å²) in [4.78, 5) is 14.7. The van der Waals surface area contributed by atoms with Gasteiger partial charge in [-0.3, -0.25) is 4.79 Å². The lowest BCUT2D eigenvalue weighted by molar-refractivity contribution is 0.0788. The van der Waals surface area contributed by atoms with E-state index >= 15 is 0 Å². The minimum absolute atomic E-state index is 0.108. The molecule has 0 bridgehead atoms. The molecule has 1 aliphatic rings. The highest BCUT2D eigenvalue weighted by Crippen LogP contribution is 2.26. The maximum Gasteiger partial charge on any atom is 0.257 e. The van der Waals surface area contributed by atoms with Crippen LogP contribution in [0.1, 0.15) is 42.6 Å². The van der Waals surface area contributed by atoms with Gasteiger partial charge in [0.05, 0.1) is 12.7 Å². The average molecular weight is 273 g/mol. The number of allylic oxidation sites excluding steroid dienone is 2. The summed E-state index contributed by atoms with van der Waals surface area (Å²) in [5, 5.41) is 0. The predicted molar refractivity (Wildman–Crippen MR) is 81.3 cm³/mol. The molecule has 0 unspecified atom stereocenters. The van der Waals surface area contributed by atoms with E-state index in [9.17, 15) is 4.79 Å². The van der Waals surface area contributed by atoms with Crippen molar-refractivity contribution in [2.45, 2.75) is 33.1 Å². The summed E-state index contributed by atoms with van der Waals surface area (Å²) < 4.78 is 5.41. The molecule has 0 aliphatic carbocycles. The van der Waals surface area contributed by atoms with Gasteiger partial charge < -0.3 is 9.64 Å². The van der Waals surface area contributed by atoms with Crippen molar-refractivity contribution >= 4 is 5.91 Å². The van der Waals surface area contributed by atoms with E-state index in [2.05, 4.69) is 19.9 Å². The molecule has 1 saturated heterocycles. The second-order valence-electron chi connectivity index (χ2n) is 5.48. The SMILES string of the molecule is COc1cccc(CC=C(C)C)c1C(=O)N1CCCC1. The highest BCUT2D eigenvalue weighted by Gasteiger charge is 2.24. The first-order valence-electron chi connectivity index (χ1n) is 7.22. The maximum atomic E-state index is 12.7. The minimum atomic E-state index is 0.108. The molecule has 1 aliphatic heterocycles.